The summed E-state index contributed by atoms with van der Waals surface area (Å²) in [6.45, 7) is 2.09. The molecule has 7 nitrogen and oxygen atoms in total. The van der Waals surface area contributed by atoms with Gasteiger partial charge in [0.15, 0.2) is 0 Å². The summed E-state index contributed by atoms with van der Waals surface area (Å²) in [7, 11) is 0. The lowest BCUT2D eigenvalue weighted by atomic mass is 10.1. The molecule has 7 heteroatoms. The molecule has 20 heavy (non-hydrogen) atoms. The predicted molar refractivity (Wildman–Crippen MR) is 72.2 cm³/mol. The zero-order chi connectivity index (χ0) is 14.5. The van der Waals surface area contributed by atoms with Crippen LogP contribution in [0.25, 0.3) is 0 Å². The molecular weight excluding hydrogens is 260 g/mol. The maximum atomic E-state index is 11.9. The van der Waals surface area contributed by atoms with Crippen LogP contribution < -0.4 is 10.6 Å². The van der Waals surface area contributed by atoms with Crippen LogP contribution in [0.3, 0.4) is 0 Å². The third kappa shape index (κ3) is 3.72. The minimum absolute atomic E-state index is 0.136. The van der Waals surface area contributed by atoms with Crippen LogP contribution in [0.15, 0.2) is 12.5 Å². The number of nitrogens with zero attached hydrogens (tertiary/aromatic N) is 1. The molecule has 110 valence electrons. The van der Waals surface area contributed by atoms with Crippen LogP contribution in [0.1, 0.15) is 31.9 Å². The van der Waals surface area contributed by atoms with Crippen molar-refractivity contribution in [2.75, 3.05) is 0 Å². The van der Waals surface area contributed by atoms with Crippen molar-refractivity contribution < 1.29 is 14.7 Å². The fraction of sp³-hybridized carbons (Fsp3) is 0.615. The normalized spacial score (nSPS) is 23.2. The number of rotatable bonds is 5. The highest BCUT2D eigenvalue weighted by Crippen LogP contribution is 2.24. The van der Waals surface area contributed by atoms with Crippen LogP contribution in [0.5, 0.6) is 0 Å². The summed E-state index contributed by atoms with van der Waals surface area (Å²) in [6.07, 6.45) is 6.36. The zero-order valence-electron chi connectivity index (χ0n) is 11.4. The number of hydrogen-bond donors (Lipinski definition) is 4. The molecule has 0 aromatic carbocycles. The monoisotopic (exact) mass is 280 g/mol. The number of urea groups is 1. The minimum Gasteiger partial charge on any atom is -0.480 e. The number of aromatic amines is 1. The van der Waals surface area contributed by atoms with Crippen molar-refractivity contribution in [2.45, 2.75) is 44.7 Å². The lowest BCUT2D eigenvalue weighted by molar-refractivity contribution is -0.139. The number of hydrogen-bond acceptors (Lipinski definition) is 3. The number of imidazole rings is 1. The molecule has 2 rings (SSSR count). The molecule has 2 unspecified atom stereocenters. The Morgan fingerprint density at radius 3 is 2.90 bits per heavy atom. The second kappa shape index (κ2) is 6.40. The molecule has 3 atom stereocenters. The van der Waals surface area contributed by atoms with Crippen LogP contribution in [-0.4, -0.2) is 39.2 Å². The van der Waals surface area contributed by atoms with Crippen molar-refractivity contribution in [3.63, 3.8) is 0 Å². The van der Waals surface area contributed by atoms with E-state index < -0.39 is 18.0 Å². The smallest absolute Gasteiger partial charge is 0.326 e. The first-order valence-electron chi connectivity index (χ1n) is 6.83. The number of carboxylic acids is 1. The predicted octanol–water partition coefficient (Wildman–Crippen LogP) is 0.893. The van der Waals surface area contributed by atoms with Crippen LogP contribution in [0.2, 0.25) is 0 Å². The Balaban J connectivity index is 1.87. The van der Waals surface area contributed by atoms with E-state index in [9.17, 15) is 9.59 Å². The molecule has 1 saturated carbocycles. The average molecular weight is 280 g/mol. The van der Waals surface area contributed by atoms with Gasteiger partial charge in [0.2, 0.25) is 0 Å². The van der Waals surface area contributed by atoms with Gasteiger partial charge < -0.3 is 20.7 Å². The standard InChI is InChI=1S/C13H20N4O3/c1-8-3-2-4-10(8)16-13(20)17-11(12(18)19)5-9-6-14-7-15-9/h6-8,10-11H,2-5H2,1H3,(H,14,15)(H,18,19)(H2,16,17,20)/t8?,10?,11-/m0/s1. The largest absolute Gasteiger partial charge is 0.480 e. The SMILES string of the molecule is CC1CCCC1NC(=O)N[C@@H](Cc1cnc[nH]1)C(=O)O. The van der Waals surface area contributed by atoms with Crippen molar-refractivity contribution in [3.8, 4) is 0 Å². The number of amides is 2. The molecule has 0 saturated heterocycles. The van der Waals surface area contributed by atoms with E-state index in [0.29, 0.717) is 11.6 Å². The van der Waals surface area contributed by atoms with Gasteiger partial charge in [0, 0.05) is 24.4 Å². The van der Waals surface area contributed by atoms with Crippen molar-refractivity contribution in [1.82, 2.24) is 20.6 Å². The van der Waals surface area contributed by atoms with Crippen molar-refractivity contribution in [3.05, 3.63) is 18.2 Å². The second-order valence-corrected chi connectivity index (χ2v) is 5.30. The Morgan fingerprint density at radius 1 is 1.55 bits per heavy atom. The second-order valence-electron chi connectivity index (χ2n) is 5.30. The molecule has 4 N–H and O–H groups in total. The van der Waals surface area contributed by atoms with Crippen LogP contribution >= 0.6 is 0 Å². The van der Waals surface area contributed by atoms with Crippen molar-refractivity contribution in [2.24, 2.45) is 5.92 Å². The molecule has 0 bridgehead atoms. The summed E-state index contributed by atoms with van der Waals surface area (Å²) >= 11 is 0. The third-order valence-electron chi connectivity index (χ3n) is 3.76. The summed E-state index contributed by atoms with van der Waals surface area (Å²) in [5.74, 6) is -0.620. The van der Waals surface area contributed by atoms with E-state index in [4.69, 9.17) is 5.11 Å². The summed E-state index contributed by atoms with van der Waals surface area (Å²) in [6, 6.07) is -1.25. The molecule has 2 amide bonds. The van der Waals surface area contributed by atoms with Crippen LogP contribution in [0, 0.1) is 5.92 Å². The van der Waals surface area contributed by atoms with E-state index in [0.717, 1.165) is 19.3 Å². The van der Waals surface area contributed by atoms with E-state index >= 15 is 0 Å². The number of aromatic nitrogens is 2. The molecular formula is C13H20N4O3. The van der Waals surface area contributed by atoms with E-state index in [-0.39, 0.29) is 12.5 Å². The van der Waals surface area contributed by atoms with Gasteiger partial charge in [-0.2, -0.15) is 0 Å². The van der Waals surface area contributed by atoms with Gasteiger partial charge in [0.05, 0.1) is 6.33 Å². The van der Waals surface area contributed by atoms with Gasteiger partial charge in [0.1, 0.15) is 6.04 Å². The molecule has 1 aliphatic rings. The van der Waals surface area contributed by atoms with Crippen LogP contribution in [0.4, 0.5) is 4.79 Å². The summed E-state index contributed by atoms with van der Waals surface area (Å²) in [5.41, 5.74) is 0.673. The Bertz CT molecular complexity index is 460. The maximum Gasteiger partial charge on any atom is 0.326 e. The van der Waals surface area contributed by atoms with E-state index in [1.54, 1.807) is 6.20 Å². The Morgan fingerprint density at radius 2 is 2.35 bits per heavy atom. The highest BCUT2D eigenvalue weighted by atomic mass is 16.4. The van der Waals surface area contributed by atoms with Gasteiger partial charge in [-0.05, 0) is 18.8 Å². The highest BCUT2D eigenvalue weighted by Gasteiger charge is 2.27. The summed E-state index contributed by atoms with van der Waals surface area (Å²) in [4.78, 5) is 29.7. The quantitative estimate of drug-likeness (QED) is 0.642. The fourth-order valence-electron chi connectivity index (χ4n) is 2.54. The summed E-state index contributed by atoms with van der Waals surface area (Å²) < 4.78 is 0. The van der Waals surface area contributed by atoms with E-state index in [1.807, 2.05) is 0 Å². The Kier molecular flexibility index (Phi) is 4.60. The number of carbonyl (C=O) groups excluding carboxylic acids is 1. The first kappa shape index (κ1) is 14.4. The summed E-state index contributed by atoms with van der Waals surface area (Å²) in [5, 5.41) is 14.5. The number of carbonyl (C=O) groups is 2. The van der Waals surface area contributed by atoms with Gasteiger partial charge in [-0.3, -0.25) is 0 Å². The average Bonchev–Trinajstić information content (AvgIpc) is 3.01. The zero-order valence-corrected chi connectivity index (χ0v) is 11.4. The molecule has 0 radical (unpaired) electrons. The number of carboxylic acid groups (broad SMARTS) is 1. The van der Waals surface area contributed by atoms with E-state index in [1.165, 1.54) is 6.33 Å². The molecule has 1 heterocycles. The molecule has 0 spiro atoms. The third-order valence-corrected chi connectivity index (χ3v) is 3.76. The van der Waals surface area contributed by atoms with Crippen molar-refractivity contribution >= 4 is 12.0 Å². The fourth-order valence-corrected chi connectivity index (χ4v) is 2.54. The van der Waals surface area contributed by atoms with Crippen LogP contribution in [-0.2, 0) is 11.2 Å². The molecule has 1 aromatic heterocycles. The van der Waals surface area contributed by atoms with Gasteiger partial charge in [-0.1, -0.05) is 13.3 Å². The highest BCUT2D eigenvalue weighted by molar-refractivity contribution is 5.82. The number of aliphatic carboxylic acids is 1. The molecule has 1 aliphatic carbocycles. The first-order valence-corrected chi connectivity index (χ1v) is 6.83. The van der Waals surface area contributed by atoms with E-state index in [2.05, 4.69) is 27.5 Å². The lowest BCUT2D eigenvalue weighted by Gasteiger charge is -2.20. The lowest BCUT2D eigenvalue weighted by Crippen LogP contribution is -2.50. The van der Waals surface area contributed by atoms with Crippen molar-refractivity contribution in [1.29, 1.82) is 0 Å². The Labute approximate surface area is 117 Å². The molecule has 1 fully saturated rings. The van der Waals surface area contributed by atoms with Gasteiger partial charge in [0.25, 0.3) is 0 Å². The minimum atomic E-state index is -1.06. The maximum absolute atomic E-state index is 11.9. The molecule has 0 aliphatic heterocycles. The Hall–Kier alpha value is -2.05. The van der Waals surface area contributed by atoms with Gasteiger partial charge >= 0.3 is 12.0 Å². The van der Waals surface area contributed by atoms with Gasteiger partial charge in [-0.15, -0.1) is 0 Å². The number of H-pyrrole nitrogens is 1. The molecule has 1 aromatic rings. The topological polar surface area (TPSA) is 107 Å². The van der Waals surface area contributed by atoms with Gasteiger partial charge in [-0.25, -0.2) is 14.6 Å². The number of nitrogens with one attached hydrogen (secondary N) is 3. The first-order chi connectivity index (χ1) is 9.56.